The van der Waals surface area contributed by atoms with Gasteiger partial charge in [0.25, 0.3) is 0 Å². The van der Waals surface area contributed by atoms with E-state index in [0.717, 1.165) is 13.8 Å². The number of aliphatic hydroxyl groups is 12. The third-order valence-electron chi connectivity index (χ3n) is 12.1. The van der Waals surface area contributed by atoms with E-state index in [1.165, 1.54) is 21.1 Å². The van der Waals surface area contributed by atoms with Crippen LogP contribution in [0.3, 0.4) is 0 Å². The van der Waals surface area contributed by atoms with E-state index in [4.69, 9.17) is 52.1 Å². The lowest BCUT2D eigenvalue weighted by Crippen LogP contribution is -2.71. The highest BCUT2D eigenvalue weighted by atomic mass is 16.8. The average Bonchev–Trinajstić information content (AvgIpc) is 3.30. The zero-order valence-electron chi connectivity index (χ0n) is 37.8. The van der Waals surface area contributed by atoms with Gasteiger partial charge in [0, 0.05) is 34.5 Å². The van der Waals surface area contributed by atoms with Crippen molar-refractivity contribution in [3.05, 3.63) is 0 Å². The Morgan fingerprint density at radius 1 is 0.471 bits per heavy atom. The summed E-state index contributed by atoms with van der Waals surface area (Å²) in [5.41, 5.74) is 0. The van der Waals surface area contributed by atoms with Gasteiger partial charge in [0.05, 0.1) is 33.0 Å². The van der Waals surface area contributed by atoms with Crippen molar-refractivity contribution in [2.24, 2.45) is 0 Å². The Morgan fingerprint density at radius 2 is 0.941 bits per heavy atom. The smallest absolute Gasteiger partial charge is 0.221 e. The maximum absolute atomic E-state index is 12.6. The van der Waals surface area contributed by atoms with Gasteiger partial charge in [-0.25, -0.2) is 0 Å². The zero-order chi connectivity index (χ0) is 50.3. The van der Waals surface area contributed by atoms with E-state index in [1.807, 2.05) is 0 Å². The Balaban J connectivity index is 1.43. The number of methoxy groups -OCH3 is 2. The van der Waals surface area contributed by atoms with E-state index < -0.39 is 197 Å². The summed E-state index contributed by atoms with van der Waals surface area (Å²) in [5, 5.41) is 138. The van der Waals surface area contributed by atoms with Crippen LogP contribution < -0.4 is 16.0 Å². The number of amides is 3. The highest BCUT2D eigenvalue weighted by molar-refractivity contribution is 5.76. The van der Waals surface area contributed by atoms with Crippen molar-refractivity contribution in [1.82, 2.24) is 16.0 Å². The second-order valence-corrected chi connectivity index (χ2v) is 16.9. The minimum atomic E-state index is -2.14. The Labute approximate surface area is 388 Å². The van der Waals surface area contributed by atoms with Crippen molar-refractivity contribution in [1.29, 1.82) is 0 Å². The van der Waals surface area contributed by atoms with Crippen molar-refractivity contribution in [3.8, 4) is 0 Å². The molecular formula is C39H67N3O26. The molecule has 394 valence electrons. The molecule has 0 spiro atoms. The molecule has 5 fully saturated rings. The van der Waals surface area contributed by atoms with E-state index in [0.29, 0.717) is 0 Å². The van der Waals surface area contributed by atoms with Crippen LogP contribution in [-0.4, -0.2) is 280 Å². The van der Waals surface area contributed by atoms with Gasteiger partial charge in [0.1, 0.15) is 122 Å². The molecule has 0 aliphatic carbocycles. The SMILES string of the molecule is CCC(=O)NC1OC(CO)C(OC2OC(CO)C(OC3OC(COC4OC(CO)C(O)C(OC)C4O)C(O)C(OC4OC(COC)C(O)C(O)C4O)C3O)C(O)C2NC(C)=O)C(O)C1NC(C)=O. The van der Waals surface area contributed by atoms with Crippen LogP contribution in [0.5, 0.6) is 0 Å². The van der Waals surface area contributed by atoms with Gasteiger partial charge in [-0.3, -0.25) is 14.4 Å². The normalized spacial score (nSPS) is 45.6. The lowest BCUT2D eigenvalue weighted by atomic mass is 9.93. The standard InChI is InChI=1S/C39H67N3O26/c1-6-19(48)42-35-20(40-12(2)46)25(52)31(15(8-44)61-35)66-36-21(41-13(3)47)26(53)32(16(9-45)63-36)67-39-30(57)34(68-38-28(55)27(54)22(49)17(64-38)10-58-4)24(51)18(65-39)11-60-37-29(56)33(59-5)23(50)14(7-43)62-37/h14-18,20-39,43-45,49-57H,6-11H2,1-5H3,(H,40,46)(H,41,47)(H,42,48). The van der Waals surface area contributed by atoms with E-state index in [2.05, 4.69) is 16.0 Å². The van der Waals surface area contributed by atoms with Crippen molar-refractivity contribution < 1.29 is 128 Å². The monoisotopic (exact) mass is 993 g/mol. The molecule has 29 nitrogen and oxygen atoms in total. The van der Waals surface area contributed by atoms with Gasteiger partial charge in [-0.2, -0.15) is 0 Å². The van der Waals surface area contributed by atoms with Crippen LogP contribution in [0.4, 0.5) is 0 Å². The highest BCUT2D eigenvalue weighted by Crippen LogP contribution is 2.35. The van der Waals surface area contributed by atoms with Crippen LogP contribution in [-0.2, 0) is 66.5 Å². The molecule has 15 N–H and O–H groups in total. The van der Waals surface area contributed by atoms with Gasteiger partial charge in [-0.05, 0) is 0 Å². The van der Waals surface area contributed by atoms with Crippen molar-refractivity contribution in [2.75, 3.05) is 47.3 Å². The summed E-state index contributed by atoms with van der Waals surface area (Å²) in [6, 6.07) is -3.05. The van der Waals surface area contributed by atoms with E-state index in [9.17, 15) is 75.7 Å². The third kappa shape index (κ3) is 12.7. The van der Waals surface area contributed by atoms with Gasteiger partial charge < -0.3 is 129 Å². The molecule has 0 aromatic carbocycles. The Bertz CT molecular complexity index is 1610. The molecule has 5 heterocycles. The van der Waals surface area contributed by atoms with Gasteiger partial charge in [0.2, 0.25) is 17.7 Å². The molecule has 0 bridgehead atoms. The Morgan fingerprint density at radius 3 is 1.50 bits per heavy atom. The molecule has 0 saturated carbocycles. The zero-order valence-corrected chi connectivity index (χ0v) is 37.8. The number of carbonyl (C=O) groups is 3. The summed E-state index contributed by atoms with van der Waals surface area (Å²) in [6.45, 7) is 0.0852. The van der Waals surface area contributed by atoms with E-state index in [1.54, 1.807) is 0 Å². The van der Waals surface area contributed by atoms with Crippen molar-refractivity contribution in [3.63, 3.8) is 0 Å². The lowest BCUT2D eigenvalue weighted by molar-refractivity contribution is -0.383. The first-order valence-electron chi connectivity index (χ1n) is 21.9. The number of hydrogen-bond donors (Lipinski definition) is 15. The molecule has 29 heteroatoms. The predicted octanol–water partition coefficient (Wildman–Crippen LogP) is -9.79. The van der Waals surface area contributed by atoms with Crippen LogP contribution in [0.1, 0.15) is 27.2 Å². The number of ether oxygens (including phenoxy) is 11. The summed E-state index contributed by atoms with van der Waals surface area (Å²) in [7, 11) is 2.43. The van der Waals surface area contributed by atoms with Crippen LogP contribution >= 0.6 is 0 Å². The number of hydrogen-bond acceptors (Lipinski definition) is 26. The van der Waals surface area contributed by atoms with Crippen LogP contribution in [0, 0.1) is 0 Å². The van der Waals surface area contributed by atoms with E-state index >= 15 is 0 Å². The van der Waals surface area contributed by atoms with Crippen LogP contribution in [0.25, 0.3) is 0 Å². The predicted molar refractivity (Wildman–Crippen MR) is 216 cm³/mol. The Hall–Kier alpha value is -2.51. The molecule has 25 atom stereocenters. The first-order valence-corrected chi connectivity index (χ1v) is 21.9. The van der Waals surface area contributed by atoms with Gasteiger partial charge in [0.15, 0.2) is 31.4 Å². The van der Waals surface area contributed by atoms with Crippen molar-refractivity contribution >= 4 is 17.7 Å². The minimum absolute atomic E-state index is 0.00895. The lowest BCUT2D eigenvalue weighted by Gasteiger charge is -2.50. The first kappa shape index (κ1) is 56.4. The molecular weight excluding hydrogens is 926 g/mol. The van der Waals surface area contributed by atoms with Crippen LogP contribution in [0.15, 0.2) is 0 Å². The number of rotatable bonds is 19. The Kier molecular flexibility index (Phi) is 20.9. The third-order valence-corrected chi connectivity index (χ3v) is 12.1. The fourth-order valence-electron chi connectivity index (χ4n) is 8.56. The maximum atomic E-state index is 12.6. The van der Waals surface area contributed by atoms with E-state index in [-0.39, 0.29) is 13.0 Å². The molecule has 5 rings (SSSR count). The summed E-state index contributed by atoms with van der Waals surface area (Å²) < 4.78 is 62.8. The molecule has 25 unspecified atom stereocenters. The van der Waals surface area contributed by atoms with Gasteiger partial charge >= 0.3 is 0 Å². The largest absolute Gasteiger partial charge is 0.394 e. The second kappa shape index (κ2) is 25.2. The average molecular weight is 994 g/mol. The van der Waals surface area contributed by atoms with Crippen molar-refractivity contribution in [2.45, 2.75) is 181 Å². The molecule has 5 aliphatic heterocycles. The molecule has 0 radical (unpaired) electrons. The quantitative estimate of drug-likeness (QED) is 0.0571. The van der Waals surface area contributed by atoms with Gasteiger partial charge in [-0.15, -0.1) is 0 Å². The molecule has 5 aliphatic rings. The number of aliphatic hydroxyl groups excluding tert-OH is 12. The minimum Gasteiger partial charge on any atom is -0.394 e. The molecule has 0 aromatic heterocycles. The second-order valence-electron chi connectivity index (χ2n) is 16.9. The topological polar surface area (TPSA) is 432 Å². The first-order chi connectivity index (χ1) is 32.2. The summed E-state index contributed by atoms with van der Waals surface area (Å²) in [4.78, 5) is 37.1. The van der Waals surface area contributed by atoms with Gasteiger partial charge in [-0.1, -0.05) is 6.92 Å². The molecule has 0 aromatic rings. The number of nitrogens with one attached hydrogen (secondary N) is 3. The fourth-order valence-corrected chi connectivity index (χ4v) is 8.56. The highest BCUT2D eigenvalue weighted by Gasteiger charge is 2.56. The summed E-state index contributed by atoms with van der Waals surface area (Å²) in [6.07, 6.45) is -39.5. The maximum Gasteiger partial charge on any atom is 0.221 e. The molecule has 5 saturated heterocycles. The molecule has 3 amide bonds. The summed E-state index contributed by atoms with van der Waals surface area (Å²) >= 11 is 0. The van der Waals surface area contributed by atoms with Crippen LogP contribution in [0.2, 0.25) is 0 Å². The fraction of sp³-hybridized carbons (Fsp3) is 0.923. The molecule has 68 heavy (non-hydrogen) atoms. The summed E-state index contributed by atoms with van der Waals surface area (Å²) in [5.74, 6) is -1.96. The number of carbonyl (C=O) groups excluding carboxylic acids is 3.